The predicted molar refractivity (Wildman–Crippen MR) is 60.2 cm³/mol. The fourth-order valence-corrected chi connectivity index (χ4v) is 1.73. The summed E-state index contributed by atoms with van der Waals surface area (Å²) in [6, 6.07) is 0.195. The number of carbonyl (C=O) groups excluding carboxylic acids is 1. The van der Waals surface area contributed by atoms with Crippen LogP contribution in [0.4, 0.5) is 4.79 Å². The van der Waals surface area contributed by atoms with Gasteiger partial charge in [0.2, 0.25) is 0 Å². The molecule has 1 aliphatic rings. The Kier molecular flexibility index (Phi) is 6.20. The molecule has 18 heavy (non-hydrogen) atoms. The van der Waals surface area contributed by atoms with Crippen molar-refractivity contribution < 1.29 is 24.2 Å². The van der Waals surface area contributed by atoms with Gasteiger partial charge in [0, 0.05) is 12.5 Å². The van der Waals surface area contributed by atoms with Gasteiger partial charge in [0.1, 0.15) is 6.10 Å². The Balaban J connectivity index is 2.01. The van der Waals surface area contributed by atoms with Crippen LogP contribution in [0.1, 0.15) is 32.1 Å². The third kappa shape index (κ3) is 6.24. The first-order valence-corrected chi connectivity index (χ1v) is 5.94. The van der Waals surface area contributed by atoms with Crippen LogP contribution >= 0.6 is 0 Å². The first-order chi connectivity index (χ1) is 8.58. The Morgan fingerprint density at radius 1 is 1.28 bits per heavy atom. The van der Waals surface area contributed by atoms with Crippen molar-refractivity contribution in [3.63, 3.8) is 0 Å². The zero-order valence-electron chi connectivity index (χ0n) is 10.1. The summed E-state index contributed by atoms with van der Waals surface area (Å²) in [6.45, 7) is -0.0581. The van der Waals surface area contributed by atoms with Crippen molar-refractivity contribution >= 4 is 6.16 Å². The van der Waals surface area contributed by atoms with Crippen molar-refractivity contribution in [2.45, 2.75) is 44.2 Å². The molecule has 1 rings (SSSR count). The van der Waals surface area contributed by atoms with Crippen LogP contribution in [-0.4, -0.2) is 36.6 Å². The second-order valence-electron chi connectivity index (χ2n) is 4.16. The lowest BCUT2D eigenvalue weighted by molar-refractivity contribution is -0.757. The lowest BCUT2D eigenvalue weighted by Crippen LogP contribution is -2.31. The average Bonchev–Trinajstić information content (AvgIpc) is 2.31. The van der Waals surface area contributed by atoms with Crippen LogP contribution in [0, 0.1) is 10.1 Å². The van der Waals surface area contributed by atoms with Gasteiger partial charge < -0.3 is 20.0 Å². The van der Waals surface area contributed by atoms with E-state index in [2.05, 4.69) is 4.84 Å². The van der Waals surface area contributed by atoms with E-state index in [1.54, 1.807) is 0 Å². The lowest BCUT2D eigenvalue weighted by atomic mass is 9.94. The van der Waals surface area contributed by atoms with Crippen LogP contribution in [0.25, 0.3) is 0 Å². The van der Waals surface area contributed by atoms with E-state index in [9.17, 15) is 14.9 Å². The minimum absolute atomic E-state index is 0.0406. The SMILES string of the molecule is NC1CCC(OC(=O)OCCCO[N+](=O)[O-])CC1. The molecule has 0 atom stereocenters. The van der Waals surface area contributed by atoms with E-state index < -0.39 is 11.2 Å². The molecular weight excluding hydrogens is 244 g/mol. The molecule has 0 bridgehead atoms. The molecule has 0 aliphatic heterocycles. The van der Waals surface area contributed by atoms with Gasteiger partial charge in [0.05, 0.1) is 13.2 Å². The summed E-state index contributed by atoms with van der Waals surface area (Å²) in [5.74, 6) is 0. The Bertz CT molecular complexity index is 278. The van der Waals surface area contributed by atoms with Crippen molar-refractivity contribution in [2.75, 3.05) is 13.2 Å². The Morgan fingerprint density at radius 2 is 1.94 bits per heavy atom. The highest BCUT2D eigenvalue weighted by atomic mass is 16.9. The van der Waals surface area contributed by atoms with E-state index >= 15 is 0 Å². The maximum Gasteiger partial charge on any atom is 0.508 e. The molecule has 0 unspecified atom stereocenters. The molecule has 0 radical (unpaired) electrons. The van der Waals surface area contributed by atoms with Crippen molar-refractivity contribution in [3.8, 4) is 0 Å². The van der Waals surface area contributed by atoms with Crippen molar-refractivity contribution in [1.29, 1.82) is 0 Å². The summed E-state index contributed by atoms with van der Waals surface area (Å²) in [7, 11) is 0. The number of carbonyl (C=O) groups is 1. The predicted octanol–water partition coefficient (Wildman–Crippen LogP) is 1.01. The van der Waals surface area contributed by atoms with Crippen LogP contribution in [0.3, 0.4) is 0 Å². The second-order valence-corrected chi connectivity index (χ2v) is 4.16. The fourth-order valence-electron chi connectivity index (χ4n) is 1.73. The number of hydrogen-bond acceptors (Lipinski definition) is 7. The maximum atomic E-state index is 11.2. The summed E-state index contributed by atoms with van der Waals surface area (Å²) in [4.78, 5) is 25.1. The van der Waals surface area contributed by atoms with E-state index in [4.69, 9.17) is 15.2 Å². The highest BCUT2D eigenvalue weighted by Crippen LogP contribution is 2.20. The average molecular weight is 262 g/mol. The molecule has 1 aliphatic carbocycles. The van der Waals surface area contributed by atoms with Gasteiger partial charge in [0.15, 0.2) is 0 Å². The van der Waals surface area contributed by atoms with Crippen LogP contribution in [0.15, 0.2) is 0 Å². The molecule has 0 spiro atoms. The minimum Gasteiger partial charge on any atom is -0.434 e. The van der Waals surface area contributed by atoms with Gasteiger partial charge >= 0.3 is 6.16 Å². The summed E-state index contributed by atoms with van der Waals surface area (Å²) in [6.07, 6.45) is 2.57. The molecule has 8 nitrogen and oxygen atoms in total. The van der Waals surface area contributed by atoms with E-state index in [0.29, 0.717) is 0 Å². The van der Waals surface area contributed by atoms with Crippen LogP contribution < -0.4 is 5.73 Å². The molecule has 104 valence electrons. The first kappa shape index (κ1) is 14.5. The van der Waals surface area contributed by atoms with Gasteiger partial charge in [-0.25, -0.2) is 4.79 Å². The van der Waals surface area contributed by atoms with Crippen LogP contribution in [-0.2, 0) is 14.3 Å². The summed E-state index contributed by atoms with van der Waals surface area (Å²) < 4.78 is 9.83. The number of rotatable bonds is 6. The van der Waals surface area contributed by atoms with Gasteiger partial charge in [-0.2, -0.15) is 0 Å². The highest BCUT2D eigenvalue weighted by molar-refractivity contribution is 5.60. The molecular formula is C10H18N2O6. The largest absolute Gasteiger partial charge is 0.508 e. The minimum atomic E-state index is -0.885. The van der Waals surface area contributed by atoms with Crippen LogP contribution in [0.2, 0.25) is 0 Å². The standard InChI is InChI=1S/C10H18N2O6/c11-8-2-4-9(5-3-8)18-10(13)16-6-1-7-17-12(14)15/h8-9H,1-7,11H2. The quantitative estimate of drug-likeness (QED) is 0.329. The summed E-state index contributed by atoms with van der Waals surface area (Å²) >= 11 is 0. The zero-order valence-corrected chi connectivity index (χ0v) is 10.1. The number of nitrogens with two attached hydrogens (primary N) is 1. The molecule has 0 aromatic rings. The molecule has 0 aromatic heterocycles. The van der Waals surface area contributed by atoms with Gasteiger partial charge in [-0.3, -0.25) is 0 Å². The molecule has 1 fully saturated rings. The van der Waals surface area contributed by atoms with Gasteiger partial charge in [-0.15, -0.1) is 10.1 Å². The number of hydrogen-bond donors (Lipinski definition) is 1. The van der Waals surface area contributed by atoms with Crippen molar-refractivity contribution in [1.82, 2.24) is 0 Å². The third-order valence-corrected chi connectivity index (χ3v) is 2.69. The van der Waals surface area contributed by atoms with Gasteiger partial charge in [0.25, 0.3) is 5.09 Å². The van der Waals surface area contributed by atoms with Gasteiger partial charge in [-0.1, -0.05) is 0 Å². The molecule has 8 heteroatoms. The molecule has 0 saturated heterocycles. The zero-order chi connectivity index (χ0) is 13.4. The fraction of sp³-hybridized carbons (Fsp3) is 0.900. The lowest BCUT2D eigenvalue weighted by Gasteiger charge is -2.25. The molecule has 0 heterocycles. The maximum absolute atomic E-state index is 11.2. The normalized spacial score (nSPS) is 23.2. The van der Waals surface area contributed by atoms with Crippen LogP contribution in [0.5, 0.6) is 0 Å². The molecule has 0 aromatic carbocycles. The smallest absolute Gasteiger partial charge is 0.434 e. The molecule has 1 saturated carbocycles. The first-order valence-electron chi connectivity index (χ1n) is 5.94. The Hall–Kier alpha value is -1.57. The highest BCUT2D eigenvalue weighted by Gasteiger charge is 2.22. The summed E-state index contributed by atoms with van der Waals surface area (Å²) in [5.41, 5.74) is 5.73. The Morgan fingerprint density at radius 3 is 2.56 bits per heavy atom. The van der Waals surface area contributed by atoms with Gasteiger partial charge in [-0.05, 0) is 25.7 Å². The van der Waals surface area contributed by atoms with E-state index in [1.165, 1.54) is 0 Å². The summed E-state index contributed by atoms with van der Waals surface area (Å²) in [5, 5.41) is 8.94. The molecule has 2 N–H and O–H groups in total. The Labute approximate surface area is 104 Å². The number of ether oxygens (including phenoxy) is 2. The topological polar surface area (TPSA) is 114 Å². The van der Waals surface area contributed by atoms with Crippen molar-refractivity contribution in [3.05, 3.63) is 10.1 Å². The van der Waals surface area contributed by atoms with E-state index in [0.717, 1.165) is 25.7 Å². The monoisotopic (exact) mass is 262 g/mol. The third-order valence-electron chi connectivity index (χ3n) is 2.69. The van der Waals surface area contributed by atoms with E-state index in [1.807, 2.05) is 0 Å². The molecule has 0 amide bonds. The number of nitrogens with zero attached hydrogens (tertiary/aromatic N) is 1. The second kappa shape index (κ2) is 7.70. The van der Waals surface area contributed by atoms with E-state index in [-0.39, 0.29) is 31.8 Å². The van der Waals surface area contributed by atoms with Crippen molar-refractivity contribution in [2.24, 2.45) is 5.73 Å².